The third-order valence-electron chi connectivity index (χ3n) is 8.70. The third-order valence-corrected chi connectivity index (χ3v) is 8.70. The molecule has 0 heterocycles. The lowest BCUT2D eigenvalue weighted by atomic mass is 9.68. The summed E-state index contributed by atoms with van der Waals surface area (Å²) in [6.45, 7) is 6.78. The predicted octanol–water partition coefficient (Wildman–Crippen LogP) is 11.0. The SMILES string of the molecule is CCCCCCCCC1(CCCCCCCC)c2ccccc2-c2ccc(N)c(-c3ccc(C)cc3)c21. The van der Waals surface area contributed by atoms with Crippen LogP contribution in [0.5, 0.6) is 0 Å². The fraction of sp³-hybridized carbons (Fsp3) is 0.500. The Morgan fingerprint density at radius 1 is 0.595 bits per heavy atom. The monoisotopic (exact) mass is 495 g/mol. The number of nitrogens with two attached hydrogens (primary N) is 1. The normalized spacial score (nSPS) is 13.5. The van der Waals surface area contributed by atoms with E-state index in [4.69, 9.17) is 5.73 Å². The van der Waals surface area contributed by atoms with Crippen LogP contribution in [0.2, 0.25) is 0 Å². The Balaban J connectivity index is 1.75. The molecule has 1 aliphatic carbocycles. The molecule has 3 aromatic rings. The van der Waals surface area contributed by atoms with E-state index in [0.717, 1.165) is 5.69 Å². The molecule has 2 N–H and O–H groups in total. The highest BCUT2D eigenvalue weighted by Gasteiger charge is 2.44. The first-order valence-corrected chi connectivity index (χ1v) is 15.2. The van der Waals surface area contributed by atoms with Gasteiger partial charge in [0.05, 0.1) is 0 Å². The van der Waals surface area contributed by atoms with Crippen molar-refractivity contribution in [3.8, 4) is 22.3 Å². The van der Waals surface area contributed by atoms with E-state index in [9.17, 15) is 0 Å². The maximum atomic E-state index is 6.84. The van der Waals surface area contributed by atoms with Crippen molar-refractivity contribution in [2.75, 3.05) is 5.73 Å². The average Bonchev–Trinajstić information content (AvgIpc) is 3.19. The quantitative estimate of drug-likeness (QED) is 0.165. The van der Waals surface area contributed by atoms with Crippen molar-refractivity contribution in [1.29, 1.82) is 0 Å². The third kappa shape index (κ3) is 6.14. The lowest BCUT2D eigenvalue weighted by Crippen LogP contribution is -2.26. The molecule has 1 heteroatoms. The van der Waals surface area contributed by atoms with E-state index in [-0.39, 0.29) is 5.41 Å². The van der Waals surface area contributed by atoms with Gasteiger partial charge in [-0.05, 0) is 53.6 Å². The fourth-order valence-electron chi connectivity index (χ4n) is 6.70. The van der Waals surface area contributed by atoms with Crippen LogP contribution in [0.15, 0.2) is 60.7 Å². The molecule has 198 valence electrons. The summed E-state index contributed by atoms with van der Waals surface area (Å²) in [4.78, 5) is 0. The molecule has 0 saturated heterocycles. The van der Waals surface area contributed by atoms with Crippen LogP contribution in [0.1, 0.15) is 120 Å². The van der Waals surface area contributed by atoms with Crippen molar-refractivity contribution in [3.05, 3.63) is 77.4 Å². The maximum Gasteiger partial charge on any atom is 0.0397 e. The summed E-state index contributed by atoms with van der Waals surface area (Å²) in [5.74, 6) is 0. The molecular formula is C36H49N. The zero-order chi connectivity index (χ0) is 26.1. The Morgan fingerprint density at radius 3 is 1.78 bits per heavy atom. The maximum absolute atomic E-state index is 6.84. The number of unbranched alkanes of at least 4 members (excludes halogenated alkanes) is 10. The van der Waals surface area contributed by atoms with E-state index in [0.29, 0.717) is 0 Å². The second-order valence-electron chi connectivity index (χ2n) is 11.5. The Morgan fingerprint density at radius 2 is 1.16 bits per heavy atom. The van der Waals surface area contributed by atoms with Gasteiger partial charge in [0.25, 0.3) is 0 Å². The molecular weight excluding hydrogens is 446 g/mol. The molecule has 0 aliphatic heterocycles. The summed E-state index contributed by atoms with van der Waals surface area (Å²) in [7, 11) is 0. The molecule has 1 aliphatic rings. The van der Waals surface area contributed by atoms with Gasteiger partial charge in [-0.15, -0.1) is 0 Å². The summed E-state index contributed by atoms with van der Waals surface area (Å²) < 4.78 is 0. The van der Waals surface area contributed by atoms with Crippen LogP contribution < -0.4 is 5.73 Å². The lowest BCUT2D eigenvalue weighted by molar-refractivity contribution is 0.398. The van der Waals surface area contributed by atoms with Crippen LogP contribution >= 0.6 is 0 Å². The van der Waals surface area contributed by atoms with Gasteiger partial charge in [0.2, 0.25) is 0 Å². The van der Waals surface area contributed by atoms with Crippen molar-refractivity contribution >= 4 is 5.69 Å². The Bertz CT molecular complexity index is 1110. The predicted molar refractivity (Wildman–Crippen MR) is 163 cm³/mol. The average molecular weight is 496 g/mol. The number of hydrogen-bond donors (Lipinski definition) is 1. The van der Waals surface area contributed by atoms with Crippen molar-refractivity contribution in [3.63, 3.8) is 0 Å². The minimum Gasteiger partial charge on any atom is -0.398 e. The zero-order valence-electron chi connectivity index (χ0n) is 23.8. The molecule has 0 aromatic heterocycles. The highest BCUT2D eigenvalue weighted by atomic mass is 14.6. The van der Waals surface area contributed by atoms with E-state index in [1.807, 2.05) is 0 Å². The molecule has 37 heavy (non-hydrogen) atoms. The standard InChI is InChI=1S/C36H49N/c1-4-6-8-10-12-16-26-36(27-17-13-11-9-7-5-2)32-19-15-14-18-30(32)31-24-25-33(37)34(35(31)36)29-22-20-28(3)21-23-29/h14-15,18-25H,4-13,16-17,26-27,37H2,1-3H3. The van der Waals surface area contributed by atoms with Crippen LogP contribution in [-0.2, 0) is 5.41 Å². The van der Waals surface area contributed by atoms with Gasteiger partial charge in [0, 0.05) is 16.7 Å². The van der Waals surface area contributed by atoms with Crippen LogP contribution in [0.3, 0.4) is 0 Å². The topological polar surface area (TPSA) is 26.0 Å². The van der Waals surface area contributed by atoms with Crippen molar-refractivity contribution in [2.24, 2.45) is 0 Å². The molecule has 1 nitrogen and oxygen atoms in total. The van der Waals surface area contributed by atoms with E-state index in [1.165, 1.54) is 123 Å². The number of hydrogen-bond acceptors (Lipinski definition) is 1. The summed E-state index contributed by atoms with van der Waals surface area (Å²) in [6, 6.07) is 22.8. The molecule has 0 fully saturated rings. The first-order chi connectivity index (χ1) is 18.1. The molecule has 0 amide bonds. The number of rotatable bonds is 15. The van der Waals surface area contributed by atoms with E-state index in [1.54, 1.807) is 5.56 Å². The first-order valence-electron chi connectivity index (χ1n) is 15.2. The van der Waals surface area contributed by atoms with Crippen LogP contribution in [0.4, 0.5) is 5.69 Å². The van der Waals surface area contributed by atoms with Crippen LogP contribution in [0.25, 0.3) is 22.3 Å². The van der Waals surface area contributed by atoms with Gasteiger partial charge in [-0.1, -0.05) is 151 Å². The molecule has 0 spiro atoms. The van der Waals surface area contributed by atoms with Gasteiger partial charge >= 0.3 is 0 Å². The van der Waals surface area contributed by atoms with Gasteiger partial charge in [0.1, 0.15) is 0 Å². The summed E-state index contributed by atoms with van der Waals surface area (Å²) in [5, 5.41) is 0. The lowest BCUT2D eigenvalue weighted by Gasteiger charge is -2.35. The largest absolute Gasteiger partial charge is 0.398 e. The van der Waals surface area contributed by atoms with Gasteiger partial charge in [0.15, 0.2) is 0 Å². The summed E-state index contributed by atoms with van der Waals surface area (Å²) in [6.07, 6.45) is 18.5. The minimum atomic E-state index is 0.0526. The van der Waals surface area contributed by atoms with Gasteiger partial charge < -0.3 is 5.73 Å². The van der Waals surface area contributed by atoms with Crippen molar-refractivity contribution < 1.29 is 0 Å². The number of aryl methyl sites for hydroxylation is 1. The Hall–Kier alpha value is -2.54. The van der Waals surface area contributed by atoms with Gasteiger partial charge in [-0.2, -0.15) is 0 Å². The molecule has 0 bridgehead atoms. The second-order valence-corrected chi connectivity index (χ2v) is 11.5. The first kappa shape index (κ1) is 27.5. The molecule has 3 aromatic carbocycles. The number of nitrogen functional groups attached to an aromatic ring is 1. The van der Waals surface area contributed by atoms with Crippen molar-refractivity contribution in [2.45, 2.75) is 116 Å². The smallest absolute Gasteiger partial charge is 0.0397 e. The highest BCUT2D eigenvalue weighted by Crippen LogP contribution is 2.58. The zero-order valence-corrected chi connectivity index (χ0v) is 23.8. The van der Waals surface area contributed by atoms with Crippen molar-refractivity contribution in [1.82, 2.24) is 0 Å². The van der Waals surface area contributed by atoms with E-state index in [2.05, 4.69) is 81.4 Å². The van der Waals surface area contributed by atoms with E-state index >= 15 is 0 Å². The van der Waals surface area contributed by atoms with E-state index < -0.39 is 0 Å². The van der Waals surface area contributed by atoms with Gasteiger partial charge in [-0.25, -0.2) is 0 Å². The number of anilines is 1. The number of benzene rings is 3. The van der Waals surface area contributed by atoms with Crippen LogP contribution in [-0.4, -0.2) is 0 Å². The van der Waals surface area contributed by atoms with Gasteiger partial charge in [-0.3, -0.25) is 0 Å². The summed E-state index contributed by atoms with van der Waals surface area (Å²) >= 11 is 0. The Labute approximate surface area is 226 Å². The fourth-order valence-corrected chi connectivity index (χ4v) is 6.70. The Kier molecular flexibility index (Phi) is 9.89. The molecule has 0 atom stereocenters. The molecule has 0 saturated carbocycles. The molecule has 4 rings (SSSR count). The molecule has 0 unspecified atom stereocenters. The number of fused-ring (bicyclic) bond motifs is 3. The minimum absolute atomic E-state index is 0.0526. The highest BCUT2D eigenvalue weighted by molar-refractivity contribution is 5.93. The molecule has 0 radical (unpaired) electrons. The second kappa shape index (κ2) is 13.3. The summed E-state index contributed by atoms with van der Waals surface area (Å²) in [5.41, 5.74) is 17.6. The van der Waals surface area contributed by atoms with Crippen LogP contribution in [0, 0.1) is 6.92 Å².